The normalized spacial score (nSPS) is 12.0. The van der Waals surface area contributed by atoms with Crippen molar-refractivity contribution >= 4 is 17.9 Å². The second kappa shape index (κ2) is 8.89. The van der Waals surface area contributed by atoms with Crippen LogP contribution >= 0.6 is 0 Å². The van der Waals surface area contributed by atoms with Gasteiger partial charge in [0.2, 0.25) is 5.95 Å². The second-order valence-corrected chi connectivity index (χ2v) is 5.18. The Labute approximate surface area is 124 Å². The van der Waals surface area contributed by atoms with Crippen molar-refractivity contribution in [1.82, 2.24) is 15.3 Å². The van der Waals surface area contributed by atoms with E-state index in [9.17, 15) is 9.59 Å². The lowest BCUT2D eigenvalue weighted by Gasteiger charge is -2.20. The van der Waals surface area contributed by atoms with Crippen LogP contribution in [-0.4, -0.2) is 33.6 Å². The van der Waals surface area contributed by atoms with Gasteiger partial charge in [-0.1, -0.05) is 13.8 Å². The molecule has 0 fully saturated rings. The molecule has 0 aromatic carbocycles. The van der Waals surface area contributed by atoms with Gasteiger partial charge in [0.15, 0.2) is 0 Å². The monoisotopic (exact) mass is 294 g/mol. The van der Waals surface area contributed by atoms with Gasteiger partial charge in [0, 0.05) is 25.4 Å². The highest BCUT2D eigenvalue weighted by molar-refractivity contribution is 5.87. The maximum Gasteiger partial charge on any atom is 0.321 e. The molecule has 0 aliphatic heterocycles. The molecular weight excluding hydrogens is 272 g/mol. The van der Waals surface area contributed by atoms with Crippen LogP contribution in [0, 0.1) is 11.8 Å². The number of nitrogens with zero attached hydrogens (tertiary/aromatic N) is 2. The first kappa shape index (κ1) is 16.9. The van der Waals surface area contributed by atoms with Crippen molar-refractivity contribution < 1.29 is 14.7 Å². The van der Waals surface area contributed by atoms with Gasteiger partial charge in [0.25, 0.3) is 0 Å². The van der Waals surface area contributed by atoms with E-state index in [-0.39, 0.29) is 24.3 Å². The summed E-state index contributed by atoms with van der Waals surface area (Å²) >= 11 is 0. The van der Waals surface area contributed by atoms with E-state index in [1.165, 1.54) is 0 Å². The number of nitrogens with one attached hydrogen (secondary N) is 2. The van der Waals surface area contributed by atoms with E-state index in [0.29, 0.717) is 18.9 Å². The third-order valence-electron chi connectivity index (χ3n) is 3.26. The smallest absolute Gasteiger partial charge is 0.321 e. The van der Waals surface area contributed by atoms with Gasteiger partial charge in [-0.05, 0) is 30.7 Å². The molecule has 1 rings (SSSR count). The van der Waals surface area contributed by atoms with Crippen LogP contribution in [-0.2, 0) is 4.79 Å². The summed E-state index contributed by atoms with van der Waals surface area (Å²) in [7, 11) is 0. The van der Waals surface area contributed by atoms with Gasteiger partial charge in [0.1, 0.15) is 0 Å². The Morgan fingerprint density at radius 1 is 1.24 bits per heavy atom. The van der Waals surface area contributed by atoms with E-state index in [1.807, 2.05) is 0 Å². The molecule has 1 aromatic rings. The number of carboxylic acid groups (broad SMARTS) is 1. The Morgan fingerprint density at radius 2 is 1.90 bits per heavy atom. The van der Waals surface area contributed by atoms with Gasteiger partial charge in [-0.2, -0.15) is 0 Å². The highest BCUT2D eigenvalue weighted by Crippen LogP contribution is 2.20. The van der Waals surface area contributed by atoms with E-state index in [1.54, 1.807) is 18.5 Å². The highest BCUT2D eigenvalue weighted by Gasteiger charge is 2.15. The molecule has 116 valence electrons. The van der Waals surface area contributed by atoms with Crippen LogP contribution in [0.1, 0.15) is 33.1 Å². The number of anilines is 1. The summed E-state index contributed by atoms with van der Waals surface area (Å²) < 4.78 is 0. The number of aromatic nitrogens is 2. The molecule has 0 bridgehead atoms. The molecular formula is C14H22N4O3. The van der Waals surface area contributed by atoms with E-state index in [0.717, 1.165) is 6.42 Å². The number of hydrogen-bond donors (Lipinski definition) is 3. The van der Waals surface area contributed by atoms with Gasteiger partial charge >= 0.3 is 12.0 Å². The number of carbonyl (C=O) groups is 2. The van der Waals surface area contributed by atoms with Crippen LogP contribution in [0.3, 0.4) is 0 Å². The maximum atomic E-state index is 11.6. The molecule has 0 saturated heterocycles. The van der Waals surface area contributed by atoms with E-state index in [4.69, 9.17) is 5.11 Å². The number of hydrogen-bond acceptors (Lipinski definition) is 4. The summed E-state index contributed by atoms with van der Waals surface area (Å²) in [5, 5.41) is 14.0. The molecule has 1 atom stereocenters. The molecule has 1 aromatic heterocycles. The first-order valence-corrected chi connectivity index (χ1v) is 7.02. The molecule has 1 heterocycles. The number of urea groups is 1. The average molecular weight is 294 g/mol. The van der Waals surface area contributed by atoms with Crippen molar-refractivity contribution in [3.63, 3.8) is 0 Å². The van der Waals surface area contributed by atoms with Crippen molar-refractivity contribution in [3.05, 3.63) is 18.5 Å². The molecule has 7 nitrogen and oxygen atoms in total. The molecule has 0 saturated carbocycles. The lowest BCUT2D eigenvalue weighted by Crippen LogP contribution is -2.31. The Balaban J connectivity index is 2.29. The third-order valence-corrected chi connectivity index (χ3v) is 3.26. The standard InChI is InChI=1S/C14H22N4O3/c1-10(2)11(4-5-12(19)20)6-9-17-14(21)18-13-15-7-3-8-16-13/h3,7-8,10-11H,4-6,9H2,1-2H3,(H,19,20)(H2,15,16,17,18,21). The van der Waals surface area contributed by atoms with Crippen LogP contribution in [0.15, 0.2) is 18.5 Å². The molecule has 3 N–H and O–H groups in total. The summed E-state index contributed by atoms with van der Waals surface area (Å²) in [6.45, 7) is 4.61. The average Bonchev–Trinajstić information content (AvgIpc) is 2.43. The van der Waals surface area contributed by atoms with Crippen LogP contribution in [0.4, 0.5) is 10.7 Å². The summed E-state index contributed by atoms with van der Waals surface area (Å²) in [6, 6.07) is 1.31. The fraction of sp³-hybridized carbons (Fsp3) is 0.571. The van der Waals surface area contributed by atoms with Gasteiger partial charge in [-0.25, -0.2) is 14.8 Å². The number of carbonyl (C=O) groups excluding carboxylic acids is 1. The zero-order chi connectivity index (χ0) is 15.7. The van der Waals surface area contributed by atoms with Crippen molar-refractivity contribution in [2.24, 2.45) is 11.8 Å². The SMILES string of the molecule is CC(C)C(CCNC(=O)Nc1ncccn1)CCC(=O)O. The number of carboxylic acids is 1. The molecule has 0 aliphatic carbocycles. The fourth-order valence-corrected chi connectivity index (χ4v) is 2.00. The Morgan fingerprint density at radius 3 is 2.48 bits per heavy atom. The van der Waals surface area contributed by atoms with Gasteiger partial charge in [0.05, 0.1) is 0 Å². The zero-order valence-corrected chi connectivity index (χ0v) is 12.4. The van der Waals surface area contributed by atoms with E-state index in [2.05, 4.69) is 34.4 Å². The first-order chi connectivity index (χ1) is 9.99. The number of amides is 2. The Bertz CT molecular complexity index is 451. The summed E-state index contributed by atoms with van der Waals surface area (Å²) in [5.74, 6) is 0.120. The van der Waals surface area contributed by atoms with Gasteiger partial charge in [-0.3, -0.25) is 10.1 Å². The van der Waals surface area contributed by atoms with Gasteiger partial charge < -0.3 is 10.4 Å². The first-order valence-electron chi connectivity index (χ1n) is 7.02. The molecule has 0 spiro atoms. The minimum atomic E-state index is -0.785. The molecule has 0 aliphatic rings. The van der Waals surface area contributed by atoms with E-state index >= 15 is 0 Å². The summed E-state index contributed by atoms with van der Waals surface area (Å²) in [5.41, 5.74) is 0. The second-order valence-electron chi connectivity index (χ2n) is 5.18. The third kappa shape index (κ3) is 7.24. The zero-order valence-electron chi connectivity index (χ0n) is 12.4. The van der Waals surface area contributed by atoms with Crippen molar-refractivity contribution in [3.8, 4) is 0 Å². The summed E-state index contributed by atoms with van der Waals surface area (Å²) in [6.07, 6.45) is 4.62. The topological polar surface area (TPSA) is 104 Å². The molecule has 21 heavy (non-hydrogen) atoms. The van der Waals surface area contributed by atoms with Crippen LogP contribution in [0.5, 0.6) is 0 Å². The van der Waals surface area contributed by atoms with Crippen LogP contribution in [0.25, 0.3) is 0 Å². The maximum absolute atomic E-state index is 11.6. The fourth-order valence-electron chi connectivity index (χ4n) is 2.00. The summed E-state index contributed by atoms with van der Waals surface area (Å²) in [4.78, 5) is 30.0. The molecule has 2 amide bonds. The van der Waals surface area contributed by atoms with Crippen molar-refractivity contribution in [2.45, 2.75) is 33.1 Å². The van der Waals surface area contributed by atoms with Crippen molar-refractivity contribution in [1.29, 1.82) is 0 Å². The highest BCUT2D eigenvalue weighted by atomic mass is 16.4. The minimum Gasteiger partial charge on any atom is -0.481 e. The van der Waals surface area contributed by atoms with Crippen LogP contribution in [0.2, 0.25) is 0 Å². The van der Waals surface area contributed by atoms with Gasteiger partial charge in [-0.15, -0.1) is 0 Å². The molecule has 1 unspecified atom stereocenters. The predicted octanol–water partition coefficient (Wildman–Crippen LogP) is 2.13. The Hall–Kier alpha value is -2.18. The quantitative estimate of drug-likeness (QED) is 0.681. The lowest BCUT2D eigenvalue weighted by molar-refractivity contribution is -0.137. The molecule has 7 heteroatoms. The number of aliphatic carboxylic acids is 1. The van der Waals surface area contributed by atoms with Crippen LogP contribution < -0.4 is 10.6 Å². The van der Waals surface area contributed by atoms with E-state index < -0.39 is 5.97 Å². The molecule has 0 radical (unpaired) electrons. The number of rotatable bonds is 8. The predicted molar refractivity (Wildman–Crippen MR) is 78.9 cm³/mol. The van der Waals surface area contributed by atoms with Crippen molar-refractivity contribution in [2.75, 3.05) is 11.9 Å². The largest absolute Gasteiger partial charge is 0.481 e. The lowest BCUT2D eigenvalue weighted by atomic mass is 9.88. The Kier molecular flexibility index (Phi) is 7.14. The minimum absolute atomic E-state index is 0.160.